The smallest absolute Gasteiger partial charge is 0.408 e. The first kappa shape index (κ1) is 45.5. The number of carbonyl (C=O) groups is 6. The van der Waals surface area contributed by atoms with Crippen molar-refractivity contribution >= 4 is 41.6 Å². The second-order valence-corrected chi connectivity index (χ2v) is 15.2. The minimum atomic E-state index is -1.13. The topological polar surface area (TPSA) is 201 Å². The number of carboxylic acid groups (broad SMARTS) is 1. The summed E-state index contributed by atoms with van der Waals surface area (Å²) in [7, 11) is 0. The molecule has 3 rings (SSSR count). The second kappa shape index (κ2) is 23.2. The Morgan fingerprint density at radius 1 is 0.649 bits per heavy atom. The third kappa shape index (κ3) is 18.1. The van der Waals surface area contributed by atoms with E-state index >= 15 is 0 Å². The van der Waals surface area contributed by atoms with E-state index in [1.54, 1.807) is 45.0 Å². The van der Waals surface area contributed by atoms with Crippen molar-refractivity contribution in [2.75, 3.05) is 11.9 Å². The van der Waals surface area contributed by atoms with Gasteiger partial charge < -0.3 is 41.2 Å². The summed E-state index contributed by atoms with van der Waals surface area (Å²) in [5, 5.41) is 22.6. The van der Waals surface area contributed by atoms with Crippen molar-refractivity contribution in [3.63, 3.8) is 0 Å². The fourth-order valence-electron chi connectivity index (χ4n) is 5.77. The quantitative estimate of drug-likeness (QED) is 0.0712. The molecule has 0 aliphatic carbocycles. The van der Waals surface area contributed by atoms with Gasteiger partial charge >= 0.3 is 18.2 Å². The van der Waals surface area contributed by atoms with Crippen molar-refractivity contribution in [3.05, 3.63) is 102 Å². The third-order valence-electron chi connectivity index (χ3n) is 8.52. The van der Waals surface area contributed by atoms with Gasteiger partial charge in [-0.3, -0.25) is 19.2 Å². The number of aliphatic carboxylic acids is 1. The molecular weight excluding hydrogens is 730 g/mol. The Morgan fingerprint density at radius 3 is 1.75 bits per heavy atom. The largest absolute Gasteiger partial charge is 0.481 e. The number of alkyl carbamates (subject to hydrolysis) is 2. The molecule has 0 aliphatic rings. The minimum absolute atomic E-state index is 0.0112. The lowest BCUT2D eigenvalue weighted by atomic mass is 10.00. The molecule has 0 heterocycles. The average molecular weight is 788 g/mol. The first-order valence-electron chi connectivity index (χ1n) is 19.3. The van der Waals surface area contributed by atoms with E-state index in [-0.39, 0.29) is 38.2 Å². The van der Waals surface area contributed by atoms with Gasteiger partial charge in [-0.1, -0.05) is 99.1 Å². The highest BCUT2D eigenvalue weighted by Crippen LogP contribution is 2.18. The lowest BCUT2D eigenvalue weighted by Gasteiger charge is -2.27. The highest BCUT2D eigenvalue weighted by Gasteiger charge is 2.31. The highest BCUT2D eigenvalue weighted by molar-refractivity contribution is 5.99. The monoisotopic (exact) mass is 787 g/mol. The molecule has 0 spiro atoms. The van der Waals surface area contributed by atoms with Gasteiger partial charge in [-0.15, -0.1) is 0 Å². The number of hydrogen-bond acceptors (Lipinski definition) is 8. The van der Waals surface area contributed by atoms with Crippen LogP contribution >= 0.6 is 0 Å². The predicted octanol–water partition coefficient (Wildman–Crippen LogP) is 5.89. The van der Waals surface area contributed by atoms with Crippen LogP contribution in [0.5, 0.6) is 0 Å². The van der Waals surface area contributed by atoms with E-state index < -0.39 is 59.6 Å². The molecule has 0 aliphatic heterocycles. The lowest BCUT2D eigenvalue weighted by Crippen LogP contribution is -2.57. The Kier molecular flexibility index (Phi) is 18.5. The van der Waals surface area contributed by atoms with Crippen LogP contribution in [0.4, 0.5) is 15.3 Å². The number of anilines is 1. The summed E-state index contributed by atoms with van der Waals surface area (Å²) in [4.78, 5) is 77.8. The van der Waals surface area contributed by atoms with Gasteiger partial charge in [-0.2, -0.15) is 0 Å². The van der Waals surface area contributed by atoms with Gasteiger partial charge in [0.15, 0.2) is 0 Å². The molecule has 308 valence electrons. The summed E-state index contributed by atoms with van der Waals surface area (Å²) in [6, 6.07) is 21.9. The molecule has 57 heavy (non-hydrogen) atoms. The van der Waals surface area contributed by atoms with Gasteiger partial charge in [-0.25, -0.2) is 9.59 Å². The first-order chi connectivity index (χ1) is 27.1. The van der Waals surface area contributed by atoms with Gasteiger partial charge in [0, 0.05) is 37.1 Å². The molecule has 0 aromatic heterocycles. The zero-order valence-electron chi connectivity index (χ0n) is 33.5. The zero-order chi connectivity index (χ0) is 41.8. The molecular formula is C43H57N5O9. The standard InChI is InChI=1S/C43H57N5O9/c1-29(2)25-34(38(51)45-33-22-15-14-21-32(33)28-56-41(54)44-24-16-8-13-23-37(49)50)46-39(52)35(26-30-17-9-6-10-18-30)47-40(53)36(27-31-19-11-7-12-20-31)48-42(55)57-43(3,4)5/h6-7,9-12,14-15,17-22,29,34-36H,8,13,16,23-28H2,1-5H3,(H,44,54)(H,45,51)(H,46,52)(H,47,53)(H,48,55)(H,49,50). The molecule has 3 atom stereocenters. The van der Waals surface area contributed by atoms with Crippen molar-refractivity contribution < 1.29 is 43.3 Å². The van der Waals surface area contributed by atoms with Crippen molar-refractivity contribution in [2.24, 2.45) is 5.92 Å². The van der Waals surface area contributed by atoms with Crippen molar-refractivity contribution in [1.29, 1.82) is 0 Å². The zero-order valence-corrected chi connectivity index (χ0v) is 33.5. The predicted molar refractivity (Wildman–Crippen MR) is 216 cm³/mol. The maximum atomic E-state index is 14.1. The van der Waals surface area contributed by atoms with Crippen LogP contribution in [0.1, 0.15) is 83.4 Å². The molecule has 0 fully saturated rings. The van der Waals surface area contributed by atoms with Crippen LogP contribution in [0.15, 0.2) is 84.9 Å². The van der Waals surface area contributed by atoms with Crippen molar-refractivity contribution in [2.45, 2.75) is 110 Å². The van der Waals surface area contributed by atoms with Crippen LogP contribution in [-0.2, 0) is 48.1 Å². The van der Waals surface area contributed by atoms with Crippen LogP contribution in [0, 0.1) is 5.92 Å². The number of ether oxygens (including phenoxy) is 2. The Morgan fingerprint density at radius 2 is 1.19 bits per heavy atom. The van der Waals surface area contributed by atoms with Crippen LogP contribution in [-0.4, -0.2) is 71.3 Å². The summed E-state index contributed by atoms with van der Waals surface area (Å²) in [5.41, 5.74) is 1.64. The molecule has 5 amide bonds. The first-order valence-corrected chi connectivity index (χ1v) is 19.3. The minimum Gasteiger partial charge on any atom is -0.481 e. The maximum absolute atomic E-state index is 14.1. The molecule has 3 unspecified atom stereocenters. The number of carboxylic acids is 1. The normalized spacial score (nSPS) is 12.7. The van der Waals surface area contributed by atoms with Gasteiger partial charge in [-0.05, 0) is 63.1 Å². The SMILES string of the molecule is CC(C)CC(NC(=O)C(Cc1ccccc1)NC(=O)C(Cc1ccccc1)NC(=O)OC(C)(C)C)C(=O)Nc1ccccc1COC(=O)NCCCCCC(=O)O. The van der Waals surface area contributed by atoms with Crippen LogP contribution in [0.2, 0.25) is 0 Å². The van der Waals surface area contributed by atoms with Crippen LogP contribution < -0.4 is 26.6 Å². The number of nitrogens with one attached hydrogen (secondary N) is 5. The second-order valence-electron chi connectivity index (χ2n) is 15.2. The third-order valence-corrected chi connectivity index (χ3v) is 8.52. The Bertz CT molecular complexity index is 1760. The molecule has 0 bridgehead atoms. The molecule has 0 saturated heterocycles. The lowest BCUT2D eigenvalue weighted by molar-refractivity contribution is -0.137. The van der Waals surface area contributed by atoms with Gasteiger partial charge in [0.1, 0.15) is 30.3 Å². The molecule has 0 radical (unpaired) electrons. The number of carbonyl (C=O) groups excluding carboxylic acids is 5. The summed E-state index contributed by atoms with van der Waals surface area (Å²) >= 11 is 0. The fourth-order valence-corrected chi connectivity index (χ4v) is 5.77. The highest BCUT2D eigenvalue weighted by atomic mass is 16.6. The van der Waals surface area contributed by atoms with E-state index in [1.165, 1.54) is 0 Å². The summed E-state index contributed by atoms with van der Waals surface area (Å²) < 4.78 is 10.8. The van der Waals surface area contributed by atoms with Crippen LogP contribution in [0.3, 0.4) is 0 Å². The molecule has 6 N–H and O–H groups in total. The summed E-state index contributed by atoms with van der Waals surface area (Å²) in [5.74, 6) is -2.58. The van der Waals surface area contributed by atoms with Gasteiger partial charge in [0.25, 0.3) is 0 Å². The van der Waals surface area contributed by atoms with Crippen molar-refractivity contribution in [3.8, 4) is 0 Å². The number of hydrogen-bond donors (Lipinski definition) is 6. The molecule has 3 aromatic rings. The molecule has 14 nitrogen and oxygen atoms in total. The van der Waals surface area contributed by atoms with Crippen molar-refractivity contribution in [1.82, 2.24) is 21.3 Å². The van der Waals surface area contributed by atoms with Gasteiger partial charge in [0.05, 0.1) is 0 Å². The molecule has 14 heteroatoms. The number of benzene rings is 3. The summed E-state index contributed by atoms with van der Waals surface area (Å²) in [6.45, 7) is 9.16. The van der Waals surface area contributed by atoms with E-state index in [0.29, 0.717) is 37.1 Å². The summed E-state index contributed by atoms with van der Waals surface area (Å²) in [6.07, 6.45) is 0.901. The maximum Gasteiger partial charge on any atom is 0.408 e. The average Bonchev–Trinajstić information content (AvgIpc) is 3.14. The molecule has 0 saturated carbocycles. The Hall–Kier alpha value is -5.92. The van der Waals surface area contributed by atoms with Gasteiger partial charge in [0.2, 0.25) is 17.7 Å². The number of amides is 5. The van der Waals surface area contributed by atoms with E-state index in [1.807, 2.05) is 74.5 Å². The Labute approximate surface area is 334 Å². The van der Waals surface area contributed by atoms with E-state index in [4.69, 9.17) is 14.6 Å². The fraction of sp³-hybridized carbons (Fsp3) is 0.442. The Balaban J connectivity index is 1.76. The van der Waals surface area contributed by atoms with E-state index in [2.05, 4.69) is 26.6 Å². The van der Waals surface area contributed by atoms with E-state index in [0.717, 1.165) is 11.1 Å². The van der Waals surface area contributed by atoms with E-state index in [9.17, 15) is 28.8 Å². The number of unbranched alkanes of at least 4 members (excludes halogenated alkanes) is 2. The number of para-hydroxylation sites is 1. The van der Waals surface area contributed by atoms with Crippen LogP contribution in [0.25, 0.3) is 0 Å². The molecule has 3 aromatic carbocycles. The number of rotatable bonds is 21.